The van der Waals surface area contributed by atoms with Gasteiger partial charge in [0.05, 0.1) is 34.2 Å². The predicted octanol–water partition coefficient (Wildman–Crippen LogP) is 3.91. The summed E-state index contributed by atoms with van der Waals surface area (Å²) in [5.74, 6) is -1.52. The van der Waals surface area contributed by atoms with Crippen LogP contribution in [-0.2, 0) is 5.88 Å². The quantitative estimate of drug-likeness (QED) is 0.673. The first kappa shape index (κ1) is 13.5. The van der Waals surface area contributed by atoms with Gasteiger partial charge >= 0.3 is 0 Å². The summed E-state index contributed by atoms with van der Waals surface area (Å²) in [6.07, 6.45) is 0. The second kappa shape index (κ2) is 5.15. The van der Waals surface area contributed by atoms with E-state index in [4.69, 9.17) is 16.9 Å². The van der Waals surface area contributed by atoms with Crippen LogP contribution in [0, 0.1) is 23.0 Å². The van der Waals surface area contributed by atoms with Crippen molar-refractivity contribution in [1.29, 1.82) is 5.26 Å². The summed E-state index contributed by atoms with van der Waals surface area (Å²) in [6.45, 7) is 0. The van der Waals surface area contributed by atoms with E-state index in [9.17, 15) is 8.78 Å². The summed E-state index contributed by atoms with van der Waals surface area (Å²) in [6, 6.07) is 10.7. The molecule has 3 nitrogen and oxygen atoms in total. The lowest BCUT2D eigenvalue weighted by Gasteiger charge is -2.09. The Balaban J connectivity index is 2.39. The molecule has 0 aliphatic rings. The molecule has 0 aliphatic heterocycles. The Morgan fingerprint density at radius 1 is 1.24 bits per heavy atom. The number of rotatable bonds is 2. The van der Waals surface area contributed by atoms with Crippen molar-refractivity contribution < 1.29 is 8.78 Å². The molecule has 3 aromatic rings. The zero-order valence-corrected chi connectivity index (χ0v) is 11.4. The summed E-state index contributed by atoms with van der Waals surface area (Å²) in [5.41, 5.74) is 1.49. The summed E-state index contributed by atoms with van der Waals surface area (Å²) in [4.78, 5) is 4.29. The average Bonchev–Trinajstić information content (AvgIpc) is 2.87. The third kappa shape index (κ3) is 2.14. The Labute approximate surface area is 124 Å². The van der Waals surface area contributed by atoms with E-state index in [1.54, 1.807) is 18.2 Å². The SMILES string of the molecule is N#Cc1ccc2nc(CCl)n(-c3cccc(F)c3F)c2c1. The maximum Gasteiger partial charge on any atom is 0.182 e. The molecule has 3 rings (SSSR count). The van der Waals surface area contributed by atoms with E-state index in [1.165, 1.54) is 16.7 Å². The number of imidazole rings is 1. The summed E-state index contributed by atoms with van der Waals surface area (Å²) in [7, 11) is 0. The number of fused-ring (bicyclic) bond motifs is 1. The lowest BCUT2D eigenvalue weighted by molar-refractivity contribution is 0.504. The van der Waals surface area contributed by atoms with Crippen molar-refractivity contribution in [2.75, 3.05) is 0 Å². The number of nitrogens with zero attached hydrogens (tertiary/aromatic N) is 3. The molecule has 2 aromatic carbocycles. The van der Waals surface area contributed by atoms with Crippen LogP contribution < -0.4 is 0 Å². The monoisotopic (exact) mass is 303 g/mol. The Morgan fingerprint density at radius 2 is 2.05 bits per heavy atom. The molecule has 0 aliphatic carbocycles. The second-order valence-corrected chi connectivity index (χ2v) is 4.65. The van der Waals surface area contributed by atoms with Crippen molar-refractivity contribution in [3.63, 3.8) is 0 Å². The number of halogens is 3. The van der Waals surface area contributed by atoms with E-state index >= 15 is 0 Å². The summed E-state index contributed by atoms with van der Waals surface area (Å²) in [5, 5.41) is 8.98. The molecule has 0 bridgehead atoms. The van der Waals surface area contributed by atoms with Crippen LogP contribution in [-0.4, -0.2) is 9.55 Å². The molecule has 0 saturated heterocycles. The van der Waals surface area contributed by atoms with Crippen molar-refractivity contribution >= 4 is 22.6 Å². The highest BCUT2D eigenvalue weighted by atomic mass is 35.5. The van der Waals surface area contributed by atoms with Crippen LogP contribution >= 0.6 is 11.6 Å². The number of nitriles is 1. The molecule has 6 heteroatoms. The molecule has 104 valence electrons. The van der Waals surface area contributed by atoms with Gasteiger partial charge in [-0.1, -0.05) is 6.07 Å². The highest BCUT2D eigenvalue weighted by molar-refractivity contribution is 6.17. The van der Waals surface area contributed by atoms with Crippen LogP contribution in [0.5, 0.6) is 0 Å². The maximum atomic E-state index is 14.1. The van der Waals surface area contributed by atoms with Crippen molar-refractivity contribution in [1.82, 2.24) is 9.55 Å². The van der Waals surface area contributed by atoms with Gasteiger partial charge in [0.25, 0.3) is 0 Å². The largest absolute Gasteiger partial charge is 0.292 e. The van der Waals surface area contributed by atoms with Crippen LogP contribution in [0.1, 0.15) is 11.4 Å². The third-order valence-corrected chi connectivity index (χ3v) is 3.38. The summed E-state index contributed by atoms with van der Waals surface area (Å²) >= 11 is 5.85. The maximum absolute atomic E-state index is 14.1. The van der Waals surface area contributed by atoms with E-state index in [0.717, 1.165) is 6.07 Å². The Hall–Kier alpha value is -2.45. The molecule has 1 aromatic heterocycles. The van der Waals surface area contributed by atoms with Crippen LogP contribution in [0.4, 0.5) is 8.78 Å². The number of benzene rings is 2. The van der Waals surface area contributed by atoms with Gasteiger partial charge in [0.15, 0.2) is 11.6 Å². The topological polar surface area (TPSA) is 41.6 Å². The molecule has 0 amide bonds. The smallest absolute Gasteiger partial charge is 0.182 e. The van der Waals surface area contributed by atoms with Gasteiger partial charge in [0, 0.05) is 0 Å². The van der Waals surface area contributed by atoms with Gasteiger partial charge in [-0.15, -0.1) is 11.6 Å². The minimum absolute atomic E-state index is 0.0169. The molecule has 0 spiro atoms. The lowest BCUT2D eigenvalue weighted by Crippen LogP contribution is -2.03. The zero-order valence-electron chi connectivity index (χ0n) is 10.6. The standard InChI is InChI=1S/C15H8ClF2N3/c16-7-14-20-11-5-4-9(8-19)6-13(11)21(14)12-3-1-2-10(17)15(12)18/h1-6H,7H2. The van der Waals surface area contributed by atoms with Crippen LogP contribution in [0.2, 0.25) is 0 Å². The fourth-order valence-electron chi connectivity index (χ4n) is 2.22. The number of alkyl halides is 1. The van der Waals surface area contributed by atoms with Gasteiger partial charge in [-0.2, -0.15) is 5.26 Å². The van der Waals surface area contributed by atoms with Crippen LogP contribution in [0.3, 0.4) is 0 Å². The number of aromatic nitrogens is 2. The molecule has 0 N–H and O–H groups in total. The molecule has 0 unspecified atom stereocenters. The van der Waals surface area contributed by atoms with Gasteiger partial charge in [0.1, 0.15) is 5.82 Å². The molecular weight excluding hydrogens is 296 g/mol. The van der Waals surface area contributed by atoms with Gasteiger partial charge < -0.3 is 0 Å². The first-order valence-corrected chi connectivity index (χ1v) is 6.61. The molecule has 0 atom stereocenters. The van der Waals surface area contributed by atoms with Crippen LogP contribution in [0.15, 0.2) is 36.4 Å². The molecule has 0 radical (unpaired) electrons. The minimum Gasteiger partial charge on any atom is -0.292 e. The molecule has 0 saturated carbocycles. The third-order valence-electron chi connectivity index (χ3n) is 3.14. The van der Waals surface area contributed by atoms with Crippen molar-refractivity contribution in [2.45, 2.75) is 5.88 Å². The summed E-state index contributed by atoms with van der Waals surface area (Å²) < 4.78 is 29.0. The zero-order chi connectivity index (χ0) is 15.0. The van der Waals surface area contributed by atoms with E-state index in [1.807, 2.05) is 6.07 Å². The highest BCUT2D eigenvalue weighted by Crippen LogP contribution is 2.26. The van der Waals surface area contributed by atoms with Gasteiger partial charge in [-0.05, 0) is 30.3 Å². The first-order chi connectivity index (χ1) is 10.2. The normalized spacial score (nSPS) is 10.8. The second-order valence-electron chi connectivity index (χ2n) is 4.39. The molecule has 0 fully saturated rings. The molecule has 1 heterocycles. The van der Waals surface area contributed by atoms with E-state index in [-0.39, 0.29) is 11.6 Å². The van der Waals surface area contributed by atoms with Gasteiger partial charge in [-0.3, -0.25) is 4.57 Å². The predicted molar refractivity (Wildman–Crippen MR) is 75.3 cm³/mol. The Bertz CT molecular complexity index is 880. The first-order valence-electron chi connectivity index (χ1n) is 6.07. The van der Waals surface area contributed by atoms with Crippen molar-refractivity contribution in [3.8, 4) is 11.8 Å². The van der Waals surface area contributed by atoms with Crippen molar-refractivity contribution in [3.05, 3.63) is 59.4 Å². The fraction of sp³-hybridized carbons (Fsp3) is 0.0667. The van der Waals surface area contributed by atoms with E-state index in [2.05, 4.69) is 4.98 Å². The lowest BCUT2D eigenvalue weighted by atomic mass is 10.2. The minimum atomic E-state index is -0.981. The van der Waals surface area contributed by atoms with Gasteiger partial charge in [-0.25, -0.2) is 13.8 Å². The fourth-order valence-corrected chi connectivity index (χ4v) is 2.40. The molecular formula is C15H8ClF2N3. The Morgan fingerprint density at radius 3 is 2.76 bits per heavy atom. The van der Waals surface area contributed by atoms with E-state index in [0.29, 0.717) is 22.4 Å². The average molecular weight is 304 g/mol. The highest BCUT2D eigenvalue weighted by Gasteiger charge is 2.17. The van der Waals surface area contributed by atoms with E-state index < -0.39 is 11.6 Å². The van der Waals surface area contributed by atoms with Gasteiger partial charge in [0.2, 0.25) is 0 Å². The number of hydrogen-bond acceptors (Lipinski definition) is 2. The Kier molecular flexibility index (Phi) is 3.32. The van der Waals surface area contributed by atoms with Crippen LogP contribution in [0.25, 0.3) is 16.7 Å². The van der Waals surface area contributed by atoms with Crippen molar-refractivity contribution in [2.24, 2.45) is 0 Å². The number of hydrogen-bond donors (Lipinski definition) is 0. The molecule has 21 heavy (non-hydrogen) atoms.